The first-order valence-electron chi connectivity index (χ1n) is 9.00. The molecule has 2 N–H and O–H groups in total. The van der Waals surface area contributed by atoms with Gasteiger partial charge in [-0.2, -0.15) is 0 Å². The Morgan fingerprint density at radius 1 is 1.19 bits per heavy atom. The summed E-state index contributed by atoms with van der Waals surface area (Å²) < 4.78 is 18.7. The normalized spacial score (nSPS) is 17.6. The molecule has 1 heterocycles. The number of benzene rings is 1. The molecule has 2 atom stereocenters. The van der Waals surface area contributed by atoms with Crippen LogP contribution in [-0.2, 0) is 14.3 Å². The fraction of sp³-hybridized carbons (Fsp3) is 0.579. The molecule has 1 aromatic carbocycles. The van der Waals surface area contributed by atoms with Gasteiger partial charge in [0, 0.05) is 26.6 Å². The van der Waals surface area contributed by atoms with E-state index in [1.54, 1.807) is 12.1 Å². The van der Waals surface area contributed by atoms with E-state index in [-0.39, 0.29) is 29.6 Å². The molecule has 1 fully saturated rings. The Morgan fingerprint density at radius 3 is 2.35 bits per heavy atom. The van der Waals surface area contributed by atoms with Gasteiger partial charge in [0.15, 0.2) is 0 Å². The molecule has 0 radical (unpaired) electrons. The zero-order chi connectivity index (χ0) is 19.1. The van der Waals surface area contributed by atoms with E-state index in [4.69, 9.17) is 4.74 Å². The summed E-state index contributed by atoms with van der Waals surface area (Å²) in [4.78, 5) is 26.1. The smallest absolute Gasteiger partial charge is 0.242 e. The van der Waals surface area contributed by atoms with E-state index in [2.05, 4.69) is 15.5 Å². The van der Waals surface area contributed by atoms with Gasteiger partial charge in [-0.25, -0.2) is 4.39 Å². The number of carbonyl (C=O) groups excluding carboxylic acids is 2. The number of ether oxygens (including phenoxy) is 1. The predicted molar refractivity (Wildman–Crippen MR) is 97.0 cm³/mol. The van der Waals surface area contributed by atoms with Gasteiger partial charge in [0.05, 0.1) is 19.3 Å². The Labute approximate surface area is 154 Å². The molecule has 2 rings (SSSR count). The first-order chi connectivity index (χ1) is 12.4. The molecule has 1 aromatic rings. The summed E-state index contributed by atoms with van der Waals surface area (Å²) >= 11 is 0. The van der Waals surface area contributed by atoms with Gasteiger partial charge in [0.2, 0.25) is 11.8 Å². The minimum atomic E-state index is -0.578. The highest BCUT2D eigenvalue weighted by Crippen LogP contribution is 2.22. The molecular weight excluding hydrogens is 337 g/mol. The molecule has 6 nitrogen and oxygen atoms in total. The summed E-state index contributed by atoms with van der Waals surface area (Å²) in [6.07, 6.45) is 0. The summed E-state index contributed by atoms with van der Waals surface area (Å²) in [5.41, 5.74) is 0.939. The number of rotatable bonds is 7. The lowest BCUT2D eigenvalue weighted by Gasteiger charge is -2.35. The number of amides is 2. The molecule has 0 bridgehead atoms. The zero-order valence-electron chi connectivity index (χ0n) is 15.6. The van der Waals surface area contributed by atoms with Gasteiger partial charge in [-0.3, -0.25) is 14.5 Å². The van der Waals surface area contributed by atoms with Crippen molar-refractivity contribution in [3.05, 3.63) is 35.6 Å². The van der Waals surface area contributed by atoms with Crippen LogP contribution in [0.5, 0.6) is 0 Å². The standard InChI is InChI=1S/C19H28FN3O3/c1-13(2)18(22-14(3)24)19(25)21-12-17(23-8-10-26-11-9-23)15-4-6-16(20)7-5-15/h4-7,13,17-18H,8-12H2,1-3H3,(H,21,25)(H,22,24). The quantitative estimate of drug-likeness (QED) is 0.768. The number of nitrogens with one attached hydrogen (secondary N) is 2. The molecule has 1 aliphatic rings. The molecule has 0 aromatic heterocycles. The molecule has 0 aliphatic carbocycles. The lowest BCUT2D eigenvalue weighted by Crippen LogP contribution is -2.51. The van der Waals surface area contributed by atoms with Crippen LogP contribution in [-0.4, -0.2) is 55.6 Å². The van der Waals surface area contributed by atoms with Crippen molar-refractivity contribution in [2.75, 3.05) is 32.8 Å². The van der Waals surface area contributed by atoms with Gasteiger partial charge < -0.3 is 15.4 Å². The maximum Gasteiger partial charge on any atom is 0.242 e. The van der Waals surface area contributed by atoms with Crippen molar-refractivity contribution in [2.24, 2.45) is 5.92 Å². The van der Waals surface area contributed by atoms with Gasteiger partial charge in [-0.05, 0) is 23.6 Å². The third kappa shape index (κ3) is 5.78. The second-order valence-electron chi connectivity index (χ2n) is 6.88. The topological polar surface area (TPSA) is 70.7 Å². The second-order valence-corrected chi connectivity index (χ2v) is 6.88. The monoisotopic (exact) mass is 365 g/mol. The Bertz CT molecular complexity index is 601. The van der Waals surface area contributed by atoms with Crippen LogP contribution in [0.1, 0.15) is 32.4 Å². The lowest BCUT2D eigenvalue weighted by atomic mass is 10.0. The van der Waals surface area contributed by atoms with E-state index < -0.39 is 6.04 Å². The predicted octanol–water partition coefficient (Wildman–Crippen LogP) is 1.48. The first kappa shape index (κ1) is 20.3. The van der Waals surface area contributed by atoms with Crippen LogP contribution in [0.3, 0.4) is 0 Å². The molecule has 1 aliphatic heterocycles. The van der Waals surface area contributed by atoms with E-state index in [0.717, 1.165) is 18.7 Å². The van der Waals surface area contributed by atoms with Crippen molar-refractivity contribution in [3.8, 4) is 0 Å². The minimum Gasteiger partial charge on any atom is -0.379 e. The fourth-order valence-electron chi connectivity index (χ4n) is 3.09. The van der Waals surface area contributed by atoms with Crippen LogP contribution in [0.4, 0.5) is 4.39 Å². The van der Waals surface area contributed by atoms with Crippen LogP contribution in [0.15, 0.2) is 24.3 Å². The van der Waals surface area contributed by atoms with Crippen molar-refractivity contribution < 1.29 is 18.7 Å². The molecule has 2 amide bonds. The van der Waals surface area contributed by atoms with Crippen LogP contribution in [0.25, 0.3) is 0 Å². The highest BCUT2D eigenvalue weighted by molar-refractivity contribution is 5.87. The summed E-state index contributed by atoms with van der Waals surface area (Å²) in [6.45, 7) is 8.32. The summed E-state index contributed by atoms with van der Waals surface area (Å²) in [6, 6.07) is 5.70. The summed E-state index contributed by atoms with van der Waals surface area (Å²) in [7, 11) is 0. The first-order valence-corrected chi connectivity index (χ1v) is 9.00. The third-order valence-corrected chi connectivity index (χ3v) is 4.52. The van der Waals surface area contributed by atoms with E-state index in [1.165, 1.54) is 19.1 Å². The molecule has 2 unspecified atom stereocenters. The number of hydrogen-bond donors (Lipinski definition) is 2. The van der Waals surface area contributed by atoms with E-state index in [0.29, 0.717) is 19.8 Å². The van der Waals surface area contributed by atoms with Gasteiger partial charge in [0.1, 0.15) is 11.9 Å². The van der Waals surface area contributed by atoms with Crippen molar-refractivity contribution >= 4 is 11.8 Å². The van der Waals surface area contributed by atoms with Crippen molar-refractivity contribution in [2.45, 2.75) is 32.9 Å². The van der Waals surface area contributed by atoms with Crippen LogP contribution in [0, 0.1) is 11.7 Å². The van der Waals surface area contributed by atoms with Gasteiger partial charge in [0.25, 0.3) is 0 Å². The molecule has 0 saturated carbocycles. The number of halogens is 1. The second kappa shape index (κ2) is 9.64. The van der Waals surface area contributed by atoms with Crippen molar-refractivity contribution in [3.63, 3.8) is 0 Å². The molecular formula is C19H28FN3O3. The average Bonchev–Trinajstić information content (AvgIpc) is 2.61. The zero-order valence-corrected chi connectivity index (χ0v) is 15.6. The number of nitrogens with zero attached hydrogens (tertiary/aromatic N) is 1. The van der Waals surface area contributed by atoms with Crippen LogP contribution >= 0.6 is 0 Å². The lowest BCUT2D eigenvalue weighted by molar-refractivity contribution is -0.129. The molecule has 0 spiro atoms. The molecule has 7 heteroatoms. The Kier molecular flexibility index (Phi) is 7.53. The fourth-order valence-corrected chi connectivity index (χ4v) is 3.09. The highest BCUT2D eigenvalue weighted by Gasteiger charge is 2.27. The van der Waals surface area contributed by atoms with E-state index in [1.807, 2.05) is 13.8 Å². The number of carbonyl (C=O) groups is 2. The minimum absolute atomic E-state index is 0.0217. The maximum atomic E-state index is 13.3. The summed E-state index contributed by atoms with van der Waals surface area (Å²) in [5, 5.41) is 5.65. The molecule has 1 saturated heterocycles. The number of hydrogen-bond acceptors (Lipinski definition) is 4. The Morgan fingerprint density at radius 2 is 1.81 bits per heavy atom. The molecule has 144 valence electrons. The Balaban J connectivity index is 2.09. The maximum absolute atomic E-state index is 13.3. The summed E-state index contributed by atoms with van der Waals surface area (Å²) in [5.74, 6) is -0.756. The van der Waals surface area contributed by atoms with Gasteiger partial charge in [-0.15, -0.1) is 0 Å². The largest absolute Gasteiger partial charge is 0.379 e. The van der Waals surface area contributed by atoms with Crippen LogP contribution < -0.4 is 10.6 Å². The van der Waals surface area contributed by atoms with Gasteiger partial charge in [-0.1, -0.05) is 26.0 Å². The van der Waals surface area contributed by atoms with E-state index in [9.17, 15) is 14.0 Å². The SMILES string of the molecule is CC(=O)NC(C(=O)NCC(c1ccc(F)cc1)N1CCOCC1)C(C)C. The van der Waals surface area contributed by atoms with Gasteiger partial charge >= 0.3 is 0 Å². The van der Waals surface area contributed by atoms with Crippen molar-refractivity contribution in [1.82, 2.24) is 15.5 Å². The third-order valence-electron chi connectivity index (χ3n) is 4.52. The van der Waals surface area contributed by atoms with Crippen molar-refractivity contribution in [1.29, 1.82) is 0 Å². The van der Waals surface area contributed by atoms with E-state index >= 15 is 0 Å². The molecule has 26 heavy (non-hydrogen) atoms. The Hall–Kier alpha value is -1.99. The average molecular weight is 365 g/mol. The van der Waals surface area contributed by atoms with Crippen LogP contribution in [0.2, 0.25) is 0 Å². The number of morpholine rings is 1. The highest BCUT2D eigenvalue weighted by atomic mass is 19.1.